The zero-order chi connectivity index (χ0) is 12.3. The quantitative estimate of drug-likeness (QED) is 0.856. The van der Waals surface area contributed by atoms with Crippen molar-refractivity contribution in [3.8, 4) is 0 Å². The maximum absolute atomic E-state index is 10.6. The van der Waals surface area contributed by atoms with Gasteiger partial charge in [-0.25, -0.2) is 14.8 Å². The average Bonchev–Trinajstić information content (AvgIpc) is 2.73. The second kappa shape index (κ2) is 4.88. The van der Waals surface area contributed by atoms with Crippen LogP contribution >= 0.6 is 11.5 Å². The van der Waals surface area contributed by atoms with Crippen molar-refractivity contribution in [2.75, 3.05) is 5.32 Å². The number of aromatic nitrogens is 3. The molecule has 88 valence electrons. The molecule has 0 aromatic carbocycles. The monoisotopic (exact) mass is 250 g/mol. The number of rotatable bonds is 4. The summed E-state index contributed by atoms with van der Waals surface area (Å²) in [6.45, 7) is 2.37. The van der Waals surface area contributed by atoms with Gasteiger partial charge >= 0.3 is 5.97 Å². The van der Waals surface area contributed by atoms with Gasteiger partial charge in [-0.3, -0.25) is 0 Å². The standard InChI is InChI=1S/C10H10N4O2S/c1-6-13-10(17-14-6)12-5-7-2-3-8(9(15)16)11-4-7/h2-4H,5H2,1H3,(H,15,16)(H,12,13,14). The molecule has 0 amide bonds. The minimum absolute atomic E-state index is 0.0421. The molecule has 0 saturated carbocycles. The van der Waals surface area contributed by atoms with E-state index in [1.54, 1.807) is 6.07 Å². The molecule has 2 heterocycles. The highest BCUT2D eigenvalue weighted by Crippen LogP contribution is 2.11. The maximum Gasteiger partial charge on any atom is 0.354 e. The van der Waals surface area contributed by atoms with Gasteiger partial charge in [0.1, 0.15) is 11.5 Å². The third kappa shape index (κ3) is 2.97. The molecule has 2 N–H and O–H groups in total. The number of pyridine rings is 1. The molecule has 0 bridgehead atoms. The molecule has 0 atom stereocenters. The van der Waals surface area contributed by atoms with Gasteiger partial charge < -0.3 is 10.4 Å². The molecule has 0 fully saturated rings. The molecule has 0 unspecified atom stereocenters. The summed E-state index contributed by atoms with van der Waals surface area (Å²) in [4.78, 5) is 18.6. The van der Waals surface area contributed by atoms with Gasteiger partial charge in [0.25, 0.3) is 0 Å². The smallest absolute Gasteiger partial charge is 0.354 e. The van der Waals surface area contributed by atoms with E-state index in [4.69, 9.17) is 5.11 Å². The van der Waals surface area contributed by atoms with E-state index in [9.17, 15) is 4.79 Å². The lowest BCUT2D eigenvalue weighted by atomic mass is 10.2. The summed E-state index contributed by atoms with van der Waals surface area (Å²) in [5.41, 5.74) is 0.934. The lowest BCUT2D eigenvalue weighted by molar-refractivity contribution is 0.0690. The highest BCUT2D eigenvalue weighted by atomic mass is 32.1. The van der Waals surface area contributed by atoms with Gasteiger partial charge in [-0.15, -0.1) is 0 Å². The van der Waals surface area contributed by atoms with Crippen molar-refractivity contribution in [2.45, 2.75) is 13.5 Å². The summed E-state index contributed by atoms with van der Waals surface area (Å²) in [6, 6.07) is 3.20. The third-order valence-electron chi connectivity index (χ3n) is 2.02. The molecule has 0 aliphatic rings. The SMILES string of the molecule is Cc1nsc(NCc2ccc(C(=O)O)nc2)n1. The van der Waals surface area contributed by atoms with Crippen LogP contribution in [0, 0.1) is 6.92 Å². The molecule has 2 rings (SSSR count). The predicted molar refractivity (Wildman–Crippen MR) is 63.2 cm³/mol. The molecule has 0 spiro atoms. The van der Waals surface area contributed by atoms with Crippen LogP contribution in [0.5, 0.6) is 0 Å². The molecule has 0 aliphatic carbocycles. The Labute approximate surface area is 102 Å². The minimum atomic E-state index is -1.02. The first-order valence-electron chi connectivity index (χ1n) is 4.87. The van der Waals surface area contributed by atoms with Crippen LogP contribution in [0.3, 0.4) is 0 Å². The fourth-order valence-electron chi connectivity index (χ4n) is 1.20. The van der Waals surface area contributed by atoms with Crippen LogP contribution in [0.4, 0.5) is 5.13 Å². The largest absolute Gasteiger partial charge is 0.477 e. The zero-order valence-electron chi connectivity index (χ0n) is 9.04. The Morgan fingerprint density at radius 1 is 1.53 bits per heavy atom. The number of nitrogens with zero attached hydrogens (tertiary/aromatic N) is 3. The summed E-state index contributed by atoms with van der Waals surface area (Å²) >= 11 is 1.29. The van der Waals surface area contributed by atoms with Gasteiger partial charge in [-0.05, 0) is 18.6 Å². The fourth-order valence-corrected chi connectivity index (χ4v) is 1.77. The molecule has 0 saturated heterocycles. The van der Waals surface area contributed by atoms with Crippen molar-refractivity contribution >= 4 is 22.6 Å². The van der Waals surface area contributed by atoms with Crippen molar-refractivity contribution in [3.63, 3.8) is 0 Å². The van der Waals surface area contributed by atoms with Gasteiger partial charge in [-0.2, -0.15) is 4.37 Å². The Kier molecular flexibility index (Phi) is 3.29. The second-order valence-electron chi connectivity index (χ2n) is 3.36. The maximum atomic E-state index is 10.6. The number of hydrogen-bond donors (Lipinski definition) is 2. The molecule has 0 aliphatic heterocycles. The molecular formula is C10H10N4O2S. The number of aryl methyl sites for hydroxylation is 1. The zero-order valence-corrected chi connectivity index (χ0v) is 9.86. The predicted octanol–water partition coefficient (Wildman–Crippen LogP) is 1.55. The minimum Gasteiger partial charge on any atom is -0.477 e. The lowest BCUT2D eigenvalue weighted by Gasteiger charge is -2.02. The number of nitrogens with one attached hydrogen (secondary N) is 1. The van der Waals surface area contributed by atoms with E-state index >= 15 is 0 Å². The van der Waals surface area contributed by atoms with Crippen LogP contribution in [0.1, 0.15) is 21.9 Å². The average molecular weight is 250 g/mol. The van der Waals surface area contributed by atoms with E-state index in [-0.39, 0.29) is 5.69 Å². The van der Waals surface area contributed by atoms with Crippen LogP contribution in [0.15, 0.2) is 18.3 Å². The Hall–Kier alpha value is -2.02. The number of hydrogen-bond acceptors (Lipinski definition) is 6. The van der Waals surface area contributed by atoms with Gasteiger partial charge in [0.05, 0.1) is 0 Å². The molecule has 17 heavy (non-hydrogen) atoms. The molecule has 6 nitrogen and oxygen atoms in total. The number of aromatic carboxylic acids is 1. The van der Waals surface area contributed by atoms with E-state index in [1.807, 2.05) is 6.92 Å². The van der Waals surface area contributed by atoms with Gasteiger partial charge in [-0.1, -0.05) is 6.07 Å². The van der Waals surface area contributed by atoms with E-state index in [0.29, 0.717) is 6.54 Å². The summed E-state index contributed by atoms with van der Waals surface area (Å²) in [5, 5.41) is 12.5. The first kappa shape index (κ1) is 11.5. The molecule has 0 radical (unpaired) electrons. The molecule has 7 heteroatoms. The molecule has 2 aromatic heterocycles. The number of anilines is 1. The highest BCUT2D eigenvalue weighted by molar-refractivity contribution is 7.09. The van der Waals surface area contributed by atoms with E-state index in [1.165, 1.54) is 23.8 Å². The van der Waals surface area contributed by atoms with E-state index < -0.39 is 5.97 Å². The van der Waals surface area contributed by atoms with Crippen molar-refractivity contribution in [2.24, 2.45) is 0 Å². The Balaban J connectivity index is 1.97. The van der Waals surface area contributed by atoms with Crippen molar-refractivity contribution in [1.29, 1.82) is 0 Å². The topological polar surface area (TPSA) is 88.0 Å². The summed E-state index contributed by atoms with van der Waals surface area (Å²) in [5.74, 6) is -0.291. The fraction of sp³-hybridized carbons (Fsp3) is 0.200. The Morgan fingerprint density at radius 2 is 2.35 bits per heavy atom. The number of carbonyl (C=O) groups is 1. The lowest BCUT2D eigenvalue weighted by Crippen LogP contribution is -2.03. The van der Waals surface area contributed by atoms with Crippen LogP contribution in [-0.2, 0) is 6.54 Å². The van der Waals surface area contributed by atoms with Gasteiger partial charge in [0.2, 0.25) is 5.13 Å². The first-order chi connectivity index (χ1) is 8.15. The highest BCUT2D eigenvalue weighted by Gasteiger charge is 2.04. The second-order valence-corrected chi connectivity index (χ2v) is 4.11. The number of carboxylic acid groups (broad SMARTS) is 1. The van der Waals surface area contributed by atoms with Crippen LogP contribution in [-0.4, -0.2) is 25.4 Å². The normalized spacial score (nSPS) is 10.2. The van der Waals surface area contributed by atoms with E-state index in [0.717, 1.165) is 16.5 Å². The molecule has 2 aromatic rings. The molecular weight excluding hydrogens is 240 g/mol. The van der Waals surface area contributed by atoms with Crippen molar-refractivity contribution in [1.82, 2.24) is 14.3 Å². The van der Waals surface area contributed by atoms with Gasteiger partial charge in [0, 0.05) is 24.3 Å². The van der Waals surface area contributed by atoms with E-state index in [2.05, 4.69) is 19.7 Å². The summed E-state index contributed by atoms with van der Waals surface area (Å²) in [6.07, 6.45) is 1.53. The number of carboxylic acids is 1. The van der Waals surface area contributed by atoms with Crippen molar-refractivity contribution in [3.05, 3.63) is 35.4 Å². The summed E-state index contributed by atoms with van der Waals surface area (Å²) in [7, 11) is 0. The Morgan fingerprint density at radius 3 is 2.88 bits per heavy atom. The van der Waals surface area contributed by atoms with Crippen LogP contribution < -0.4 is 5.32 Å². The third-order valence-corrected chi connectivity index (χ3v) is 2.78. The van der Waals surface area contributed by atoms with Crippen LogP contribution in [0.25, 0.3) is 0 Å². The first-order valence-corrected chi connectivity index (χ1v) is 5.65. The Bertz CT molecular complexity index is 523. The van der Waals surface area contributed by atoms with Gasteiger partial charge in [0.15, 0.2) is 0 Å². The summed E-state index contributed by atoms with van der Waals surface area (Å²) < 4.78 is 4.04. The van der Waals surface area contributed by atoms with Crippen molar-refractivity contribution < 1.29 is 9.90 Å². The van der Waals surface area contributed by atoms with Crippen LogP contribution in [0.2, 0.25) is 0 Å².